The number of rotatable bonds is 8. The van der Waals surface area contributed by atoms with Gasteiger partial charge in [-0.15, -0.1) is 0 Å². The molecule has 116 valence electrons. The Hall–Kier alpha value is -1.20. The van der Waals surface area contributed by atoms with Crippen molar-refractivity contribution in [2.24, 2.45) is 5.41 Å². The number of carbonyl (C=O) groups excluding carboxylic acids is 1. The number of aliphatic hydroxyl groups is 1. The molecule has 1 aliphatic rings. The zero-order valence-electron chi connectivity index (χ0n) is 12.5. The smallest absolute Gasteiger partial charge is 0.306 e. The van der Waals surface area contributed by atoms with Crippen LogP contribution in [0.5, 0.6) is 5.75 Å². The second-order valence-electron chi connectivity index (χ2n) is 5.56. The summed E-state index contributed by atoms with van der Waals surface area (Å²) in [7, 11) is 3.04. The zero-order chi connectivity index (χ0) is 15.3. The van der Waals surface area contributed by atoms with Gasteiger partial charge < -0.3 is 14.6 Å². The minimum atomic E-state index is -0.515. The van der Waals surface area contributed by atoms with Gasteiger partial charge in [0.15, 0.2) is 0 Å². The summed E-state index contributed by atoms with van der Waals surface area (Å²) >= 11 is 1.69. The SMILES string of the molecule is COC(=O)CC1(CSCC(O)c2cccc(OC)c2)CC1. The maximum atomic E-state index is 11.4. The summed E-state index contributed by atoms with van der Waals surface area (Å²) in [5, 5.41) is 10.2. The normalized spacial score (nSPS) is 17.1. The van der Waals surface area contributed by atoms with Crippen molar-refractivity contribution in [3.63, 3.8) is 0 Å². The van der Waals surface area contributed by atoms with E-state index in [1.54, 1.807) is 18.9 Å². The molecule has 0 aliphatic heterocycles. The molecule has 2 rings (SSSR count). The molecule has 5 heteroatoms. The number of esters is 1. The van der Waals surface area contributed by atoms with Crippen LogP contribution in [0.2, 0.25) is 0 Å². The first-order valence-electron chi connectivity index (χ1n) is 7.05. The standard InChI is InChI=1S/C16H22O4S/c1-19-13-5-3-4-12(8-13)14(17)10-21-11-16(6-7-16)9-15(18)20-2/h3-5,8,14,17H,6-7,9-11H2,1-2H3. The van der Waals surface area contributed by atoms with Crippen molar-refractivity contribution < 1.29 is 19.4 Å². The number of benzene rings is 1. The Labute approximate surface area is 129 Å². The summed E-state index contributed by atoms with van der Waals surface area (Å²) in [5.41, 5.74) is 0.964. The van der Waals surface area contributed by atoms with Gasteiger partial charge in [-0.05, 0) is 41.7 Å². The number of hydrogen-bond acceptors (Lipinski definition) is 5. The number of ether oxygens (including phenoxy) is 2. The third-order valence-electron chi connectivity index (χ3n) is 3.87. The Morgan fingerprint density at radius 2 is 2.19 bits per heavy atom. The molecule has 1 aromatic carbocycles. The monoisotopic (exact) mass is 310 g/mol. The lowest BCUT2D eigenvalue weighted by Gasteiger charge is -2.16. The fraction of sp³-hybridized carbons (Fsp3) is 0.562. The van der Waals surface area contributed by atoms with E-state index in [2.05, 4.69) is 0 Å². The molecule has 1 fully saturated rings. The van der Waals surface area contributed by atoms with Gasteiger partial charge in [0.1, 0.15) is 5.75 Å². The molecule has 0 bridgehead atoms. The molecule has 1 saturated carbocycles. The molecule has 0 radical (unpaired) electrons. The highest BCUT2D eigenvalue weighted by atomic mass is 32.2. The Kier molecular flexibility index (Phi) is 5.53. The van der Waals surface area contributed by atoms with Gasteiger partial charge in [0.25, 0.3) is 0 Å². The van der Waals surface area contributed by atoms with Gasteiger partial charge in [-0.25, -0.2) is 0 Å². The van der Waals surface area contributed by atoms with E-state index >= 15 is 0 Å². The second kappa shape index (κ2) is 7.18. The fourth-order valence-electron chi connectivity index (χ4n) is 2.26. The van der Waals surface area contributed by atoms with Crippen molar-refractivity contribution in [3.8, 4) is 5.75 Å². The van der Waals surface area contributed by atoms with Gasteiger partial charge in [0, 0.05) is 5.75 Å². The summed E-state index contributed by atoms with van der Waals surface area (Å²) in [4.78, 5) is 11.4. The molecule has 1 unspecified atom stereocenters. The highest BCUT2D eigenvalue weighted by molar-refractivity contribution is 7.99. The molecule has 0 spiro atoms. The first-order valence-corrected chi connectivity index (χ1v) is 8.21. The van der Waals surface area contributed by atoms with E-state index in [0.717, 1.165) is 29.9 Å². The van der Waals surface area contributed by atoms with Crippen LogP contribution in [0.4, 0.5) is 0 Å². The summed E-state index contributed by atoms with van der Waals surface area (Å²) in [6.45, 7) is 0. The van der Waals surface area contributed by atoms with Crippen LogP contribution in [0.15, 0.2) is 24.3 Å². The summed E-state index contributed by atoms with van der Waals surface area (Å²) in [5.74, 6) is 2.13. The highest BCUT2D eigenvalue weighted by Crippen LogP contribution is 2.51. The molecular weight excluding hydrogens is 288 g/mol. The van der Waals surface area contributed by atoms with Crippen LogP contribution < -0.4 is 4.74 Å². The minimum absolute atomic E-state index is 0.103. The first-order chi connectivity index (χ1) is 10.1. The third-order valence-corrected chi connectivity index (χ3v) is 5.23. The van der Waals surface area contributed by atoms with Gasteiger partial charge in [-0.2, -0.15) is 11.8 Å². The summed E-state index contributed by atoms with van der Waals surface area (Å²) in [6.07, 6.45) is 2.12. The Balaban J connectivity index is 1.79. The van der Waals surface area contributed by atoms with Crippen molar-refractivity contribution in [2.75, 3.05) is 25.7 Å². The molecule has 1 aliphatic carbocycles. The van der Waals surface area contributed by atoms with E-state index in [-0.39, 0.29) is 11.4 Å². The van der Waals surface area contributed by atoms with E-state index < -0.39 is 6.10 Å². The van der Waals surface area contributed by atoms with E-state index in [1.807, 2.05) is 24.3 Å². The topological polar surface area (TPSA) is 55.8 Å². The fourth-order valence-corrected chi connectivity index (χ4v) is 3.62. The van der Waals surface area contributed by atoms with E-state index in [1.165, 1.54) is 7.11 Å². The molecule has 4 nitrogen and oxygen atoms in total. The van der Waals surface area contributed by atoms with Crippen molar-refractivity contribution in [3.05, 3.63) is 29.8 Å². The molecule has 0 aromatic heterocycles. The van der Waals surface area contributed by atoms with E-state index in [0.29, 0.717) is 12.2 Å². The van der Waals surface area contributed by atoms with Gasteiger partial charge in [0.2, 0.25) is 0 Å². The van der Waals surface area contributed by atoms with Crippen molar-refractivity contribution in [1.82, 2.24) is 0 Å². The Morgan fingerprint density at radius 3 is 2.81 bits per heavy atom. The number of methoxy groups -OCH3 is 2. The highest BCUT2D eigenvalue weighted by Gasteiger charge is 2.44. The van der Waals surface area contributed by atoms with Gasteiger partial charge >= 0.3 is 5.97 Å². The number of hydrogen-bond donors (Lipinski definition) is 1. The largest absolute Gasteiger partial charge is 0.497 e. The number of thioether (sulfide) groups is 1. The van der Waals surface area contributed by atoms with Gasteiger partial charge in [-0.3, -0.25) is 4.79 Å². The first kappa shape index (κ1) is 16.2. The lowest BCUT2D eigenvalue weighted by atomic mass is 10.1. The molecular formula is C16H22O4S. The maximum Gasteiger partial charge on any atom is 0.306 e. The zero-order valence-corrected chi connectivity index (χ0v) is 13.3. The molecule has 1 aromatic rings. The molecule has 1 atom stereocenters. The van der Waals surface area contributed by atoms with Crippen molar-refractivity contribution in [2.45, 2.75) is 25.4 Å². The average Bonchev–Trinajstić information content (AvgIpc) is 3.26. The molecule has 1 N–H and O–H groups in total. The summed E-state index contributed by atoms with van der Waals surface area (Å²) in [6, 6.07) is 7.49. The predicted molar refractivity (Wildman–Crippen MR) is 83.6 cm³/mol. The van der Waals surface area contributed by atoms with Crippen LogP contribution >= 0.6 is 11.8 Å². The van der Waals surface area contributed by atoms with Crippen LogP contribution in [0.3, 0.4) is 0 Å². The molecule has 0 heterocycles. The second-order valence-corrected chi connectivity index (χ2v) is 6.59. The van der Waals surface area contributed by atoms with Crippen molar-refractivity contribution >= 4 is 17.7 Å². The average molecular weight is 310 g/mol. The van der Waals surface area contributed by atoms with Crippen LogP contribution in [0.25, 0.3) is 0 Å². The Morgan fingerprint density at radius 1 is 1.43 bits per heavy atom. The molecule has 0 amide bonds. The Bertz CT molecular complexity index is 485. The van der Waals surface area contributed by atoms with Crippen LogP contribution in [-0.2, 0) is 9.53 Å². The van der Waals surface area contributed by atoms with Gasteiger partial charge in [-0.1, -0.05) is 12.1 Å². The quantitative estimate of drug-likeness (QED) is 0.748. The lowest BCUT2D eigenvalue weighted by molar-refractivity contribution is -0.141. The van der Waals surface area contributed by atoms with Crippen LogP contribution in [0, 0.1) is 5.41 Å². The number of carbonyl (C=O) groups is 1. The third kappa shape index (κ3) is 4.64. The number of aliphatic hydroxyl groups excluding tert-OH is 1. The van der Waals surface area contributed by atoms with Crippen LogP contribution in [-0.4, -0.2) is 36.8 Å². The molecule has 0 saturated heterocycles. The van der Waals surface area contributed by atoms with E-state index in [4.69, 9.17) is 9.47 Å². The predicted octanol–water partition coefficient (Wildman–Crippen LogP) is 2.81. The molecule has 21 heavy (non-hydrogen) atoms. The maximum absolute atomic E-state index is 11.4. The summed E-state index contributed by atoms with van der Waals surface area (Å²) < 4.78 is 9.90. The van der Waals surface area contributed by atoms with E-state index in [9.17, 15) is 9.90 Å². The van der Waals surface area contributed by atoms with Crippen LogP contribution in [0.1, 0.15) is 30.9 Å². The van der Waals surface area contributed by atoms with Crippen molar-refractivity contribution in [1.29, 1.82) is 0 Å². The minimum Gasteiger partial charge on any atom is -0.497 e. The van der Waals surface area contributed by atoms with Gasteiger partial charge in [0.05, 0.1) is 26.7 Å². The lowest BCUT2D eigenvalue weighted by Crippen LogP contribution is -2.14.